The predicted octanol–water partition coefficient (Wildman–Crippen LogP) is 4.53. The molecular formula is C29H37N3O4S. The fourth-order valence-corrected chi connectivity index (χ4v) is 4.78. The second kappa shape index (κ2) is 14.6. The molecule has 37 heavy (non-hydrogen) atoms. The topological polar surface area (TPSA) is 115 Å². The molecule has 4 N–H and O–H groups in total. The van der Waals surface area contributed by atoms with E-state index in [1.807, 2.05) is 74.5 Å². The molecule has 3 aromatic rings. The Morgan fingerprint density at radius 2 is 1.65 bits per heavy atom. The van der Waals surface area contributed by atoms with Crippen molar-refractivity contribution >= 4 is 23.2 Å². The Balaban J connectivity index is 1.73. The number of hydrogen-bond donors (Lipinski definition) is 3. The van der Waals surface area contributed by atoms with Crippen LogP contribution in [0.25, 0.3) is 0 Å². The molecule has 0 aliphatic carbocycles. The number of ketones is 1. The number of thiazole rings is 1. The summed E-state index contributed by atoms with van der Waals surface area (Å²) < 4.78 is 5.37. The number of Topliss-reactive ketones (excluding diaryl/α,β-unsaturated/α-hetero) is 1. The first-order chi connectivity index (χ1) is 17.8. The molecule has 0 fully saturated rings. The zero-order valence-corrected chi connectivity index (χ0v) is 22.3. The summed E-state index contributed by atoms with van der Waals surface area (Å²) >= 11 is 1.40. The van der Waals surface area contributed by atoms with Crippen LogP contribution in [-0.2, 0) is 29.0 Å². The SMILES string of the molecule is CC(C)[C@H](N)C(=O)C[C@@H](Cc1ccccc1)C[C@H](O)[C@H](Cc1ccccc1)NC(=O)OCc1cncs1. The summed E-state index contributed by atoms with van der Waals surface area (Å²) in [4.78, 5) is 30.4. The Morgan fingerprint density at radius 3 is 2.22 bits per heavy atom. The van der Waals surface area contributed by atoms with Crippen LogP contribution < -0.4 is 11.1 Å². The van der Waals surface area contributed by atoms with E-state index in [0.29, 0.717) is 19.3 Å². The maximum absolute atomic E-state index is 12.9. The van der Waals surface area contributed by atoms with Crippen molar-refractivity contribution in [1.82, 2.24) is 10.3 Å². The highest BCUT2D eigenvalue weighted by molar-refractivity contribution is 7.09. The van der Waals surface area contributed by atoms with Gasteiger partial charge in [0.2, 0.25) is 0 Å². The molecule has 8 heteroatoms. The van der Waals surface area contributed by atoms with Crippen molar-refractivity contribution in [2.24, 2.45) is 17.6 Å². The predicted molar refractivity (Wildman–Crippen MR) is 146 cm³/mol. The van der Waals surface area contributed by atoms with Gasteiger partial charge < -0.3 is 20.9 Å². The van der Waals surface area contributed by atoms with E-state index in [1.165, 1.54) is 11.3 Å². The van der Waals surface area contributed by atoms with Crippen LogP contribution in [0.15, 0.2) is 72.4 Å². The average Bonchev–Trinajstić information content (AvgIpc) is 3.41. The fourth-order valence-electron chi connectivity index (χ4n) is 4.28. The highest BCUT2D eigenvalue weighted by atomic mass is 32.1. The second-order valence-corrected chi connectivity index (χ2v) is 10.8. The lowest BCUT2D eigenvalue weighted by Gasteiger charge is -2.28. The molecule has 7 nitrogen and oxygen atoms in total. The molecular weight excluding hydrogens is 486 g/mol. The fraction of sp³-hybridized carbons (Fsp3) is 0.414. The summed E-state index contributed by atoms with van der Waals surface area (Å²) in [6.07, 6.45) is 1.80. The van der Waals surface area contributed by atoms with E-state index in [4.69, 9.17) is 10.5 Å². The first-order valence-corrected chi connectivity index (χ1v) is 13.5. The monoisotopic (exact) mass is 523 g/mol. The number of carbonyl (C=O) groups excluding carboxylic acids is 2. The number of aromatic nitrogens is 1. The number of amides is 1. The van der Waals surface area contributed by atoms with E-state index >= 15 is 0 Å². The Morgan fingerprint density at radius 1 is 1.03 bits per heavy atom. The van der Waals surface area contributed by atoms with Gasteiger partial charge in [-0.3, -0.25) is 9.78 Å². The Kier molecular flexibility index (Phi) is 11.3. The number of nitrogens with zero attached hydrogens (tertiary/aromatic N) is 1. The van der Waals surface area contributed by atoms with Crippen LogP contribution >= 0.6 is 11.3 Å². The van der Waals surface area contributed by atoms with Crippen molar-refractivity contribution in [2.75, 3.05) is 0 Å². The number of aliphatic hydroxyl groups is 1. The van der Waals surface area contributed by atoms with Gasteiger partial charge in [-0.25, -0.2) is 4.79 Å². The summed E-state index contributed by atoms with van der Waals surface area (Å²) in [7, 11) is 0. The highest BCUT2D eigenvalue weighted by Gasteiger charge is 2.28. The molecule has 2 aromatic carbocycles. The van der Waals surface area contributed by atoms with E-state index < -0.39 is 24.3 Å². The van der Waals surface area contributed by atoms with E-state index in [1.54, 1.807) is 11.7 Å². The summed E-state index contributed by atoms with van der Waals surface area (Å²) in [6.45, 7) is 3.98. The van der Waals surface area contributed by atoms with Gasteiger partial charge in [0.05, 0.1) is 28.6 Å². The van der Waals surface area contributed by atoms with Crippen LogP contribution in [-0.4, -0.2) is 40.2 Å². The zero-order chi connectivity index (χ0) is 26.6. The summed E-state index contributed by atoms with van der Waals surface area (Å²) in [5, 5.41) is 14.2. The molecule has 0 saturated carbocycles. The number of hydrogen-bond acceptors (Lipinski definition) is 7. The van der Waals surface area contributed by atoms with E-state index in [0.717, 1.165) is 16.0 Å². The van der Waals surface area contributed by atoms with Gasteiger partial charge in [0.15, 0.2) is 0 Å². The minimum atomic E-state index is -0.895. The standard InChI is InChI=1S/C29H37N3O4S/c1-20(2)28(30)27(34)16-23(13-21-9-5-3-6-10-21)15-26(33)25(14-22-11-7-4-8-12-22)32-29(35)36-18-24-17-31-19-37-24/h3-12,17,19-20,23,25-26,28,33H,13-16,18,30H2,1-2H3,(H,32,35)/t23-,25-,26-,28-/m0/s1. The largest absolute Gasteiger partial charge is 0.444 e. The summed E-state index contributed by atoms with van der Waals surface area (Å²) in [5.74, 6) is -0.113. The first kappa shape index (κ1) is 28.5. The van der Waals surface area contributed by atoms with Crippen LogP contribution in [0, 0.1) is 11.8 Å². The van der Waals surface area contributed by atoms with Crippen molar-refractivity contribution < 1.29 is 19.4 Å². The van der Waals surface area contributed by atoms with Crippen molar-refractivity contribution in [1.29, 1.82) is 0 Å². The number of carbonyl (C=O) groups is 2. The number of ether oxygens (including phenoxy) is 1. The van der Waals surface area contributed by atoms with Gasteiger partial charge in [0.25, 0.3) is 0 Å². The van der Waals surface area contributed by atoms with Crippen LogP contribution in [0.3, 0.4) is 0 Å². The molecule has 1 amide bonds. The Hall–Kier alpha value is -3.07. The number of nitrogens with one attached hydrogen (secondary N) is 1. The molecule has 0 saturated heterocycles. The van der Waals surface area contributed by atoms with Gasteiger partial charge in [0.1, 0.15) is 12.4 Å². The normalized spacial score (nSPS) is 14.5. The molecule has 0 bridgehead atoms. The quantitative estimate of drug-likeness (QED) is 0.286. The lowest BCUT2D eigenvalue weighted by molar-refractivity contribution is -0.122. The number of rotatable bonds is 14. The minimum absolute atomic E-state index is 0.0142. The molecule has 0 aliphatic heterocycles. The van der Waals surface area contributed by atoms with Crippen molar-refractivity contribution in [3.8, 4) is 0 Å². The van der Waals surface area contributed by atoms with Gasteiger partial charge in [-0.2, -0.15) is 0 Å². The molecule has 0 radical (unpaired) electrons. The highest BCUT2D eigenvalue weighted by Crippen LogP contribution is 2.23. The number of alkyl carbamates (subject to hydrolysis) is 1. The molecule has 1 heterocycles. The van der Waals surface area contributed by atoms with Gasteiger partial charge in [-0.1, -0.05) is 74.5 Å². The van der Waals surface area contributed by atoms with Crippen molar-refractivity contribution in [2.45, 2.75) is 64.3 Å². The third kappa shape index (κ3) is 9.72. The van der Waals surface area contributed by atoms with Gasteiger partial charge in [-0.05, 0) is 42.2 Å². The van der Waals surface area contributed by atoms with E-state index in [-0.39, 0.29) is 30.6 Å². The van der Waals surface area contributed by atoms with Crippen LogP contribution in [0.2, 0.25) is 0 Å². The third-order valence-corrected chi connectivity index (χ3v) is 7.17. The van der Waals surface area contributed by atoms with Crippen molar-refractivity contribution in [3.05, 3.63) is 88.4 Å². The lowest BCUT2D eigenvalue weighted by atomic mass is 9.84. The van der Waals surface area contributed by atoms with Crippen LogP contribution in [0.1, 0.15) is 42.7 Å². The first-order valence-electron chi connectivity index (χ1n) is 12.7. The minimum Gasteiger partial charge on any atom is -0.444 e. The van der Waals surface area contributed by atoms with E-state index in [9.17, 15) is 14.7 Å². The summed E-state index contributed by atoms with van der Waals surface area (Å²) in [6, 6.07) is 18.4. The van der Waals surface area contributed by atoms with Crippen LogP contribution in [0.5, 0.6) is 0 Å². The second-order valence-electron chi connectivity index (χ2n) is 9.78. The number of aliphatic hydroxyl groups excluding tert-OH is 1. The maximum atomic E-state index is 12.9. The van der Waals surface area contributed by atoms with E-state index in [2.05, 4.69) is 10.3 Å². The van der Waals surface area contributed by atoms with Gasteiger partial charge in [0, 0.05) is 12.6 Å². The Labute approximate surface area is 223 Å². The average molecular weight is 524 g/mol. The molecule has 0 aliphatic rings. The van der Waals surface area contributed by atoms with Crippen LogP contribution in [0.4, 0.5) is 4.79 Å². The molecule has 3 rings (SSSR count). The number of nitrogens with two attached hydrogens (primary N) is 1. The molecule has 0 spiro atoms. The number of benzene rings is 2. The molecule has 4 atom stereocenters. The third-order valence-electron chi connectivity index (χ3n) is 6.42. The smallest absolute Gasteiger partial charge is 0.407 e. The lowest BCUT2D eigenvalue weighted by Crippen LogP contribution is -2.46. The van der Waals surface area contributed by atoms with Crippen molar-refractivity contribution in [3.63, 3.8) is 0 Å². The molecule has 0 unspecified atom stereocenters. The Bertz CT molecular complexity index is 1080. The molecule has 198 valence electrons. The zero-order valence-electron chi connectivity index (χ0n) is 21.5. The molecule has 1 aromatic heterocycles. The van der Waals surface area contributed by atoms with Gasteiger partial charge >= 0.3 is 6.09 Å². The maximum Gasteiger partial charge on any atom is 0.407 e. The summed E-state index contributed by atoms with van der Waals surface area (Å²) in [5.41, 5.74) is 9.89. The van der Waals surface area contributed by atoms with Gasteiger partial charge in [-0.15, -0.1) is 11.3 Å².